The SMILES string of the molecule is NC1CC(NCc2ccn[nH]2)C1. The Morgan fingerprint density at radius 1 is 1.67 bits per heavy atom. The summed E-state index contributed by atoms with van der Waals surface area (Å²) in [5.74, 6) is 0. The zero-order chi connectivity index (χ0) is 8.39. The highest BCUT2D eigenvalue weighted by Gasteiger charge is 2.24. The van der Waals surface area contributed by atoms with Crippen molar-refractivity contribution < 1.29 is 0 Å². The van der Waals surface area contributed by atoms with Crippen LogP contribution >= 0.6 is 0 Å². The van der Waals surface area contributed by atoms with Crippen LogP contribution in [0, 0.1) is 0 Å². The Bertz CT molecular complexity index is 225. The van der Waals surface area contributed by atoms with E-state index in [2.05, 4.69) is 15.5 Å². The highest BCUT2D eigenvalue weighted by molar-refractivity contribution is 4.98. The second-order valence-electron chi connectivity index (χ2n) is 3.39. The highest BCUT2D eigenvalue weighted by atomic mass is 15.1. The van der Waals surface area contributed by atoms with Crippen molar-refractivity contribution >= 4 is 0 Å². The lowest BCUT2D eigenvalue weighted by molar-refractivity contribution is 0.290. The summed E-state index contributed by atoms with van der Waals surface area (Å²) in [5.41, 5.74) is 6.79. The molecule has 1 aliphatic carbocycles. The molecule has 1 aromatic heterocycles. The summed E-state index contributed by atoms with van der Waals surface area (Å²) in [5, 5.41) is 10.2. The van der Waals surface area contributed by atoms with Gasteiger partial charge in [0.1, 0.15) is 0 Å². The first-order chi connectivity index (χ1) is 5.84. The number of H-pyrrole nitrogens is 1. The van der Waals surface area contributed by atoms with Crippen molar-refractivity contribution in [2.45, 2.75) is 31.5 Å². The largest absolute Gasteiger partial charge is 0.328 e. The third-order valence-electron chi connectivity index (χ3n) is 2.31. The lowest BCUT2D eigenvalue weighted by Crippen LogP contribution is -2.48. The van der Waals surface area contributed by atoms with Crippen molar-refractivity contribution in [1.29, 1.82) is 0 Å². The molecule has 0 bridgehead atoms. The standard InChI is InChI=1S/C8H14N4/c9-6-3-8(4-6)10-5-7-1-2-11-12-7/h1-2,6,8,10H,3-5,9H2,(H,11,12). The molecule has 0 saturated heterocycles. The predicted octanol–water partition coefficient (Wildman–Crippen LogP) is -0.0110. The first-order valence-electron chi connectivity index (χ1n) is 4.32. The summed E-state index contributed by atoms with van der Waals surface area (Å²) in [6, 6.07) is 3.01. The van der Waals surface area contributed by atoms with Gasteiger partial charge in [-0.2, -0.15) is 5.10 Å². The number of nitrogens with one attached hydrogen (secondary N) is 2. The highest BCUT2D eigenvalue weighted by Crippen LogP contribution is 2.17. The van der Waals surface area contributed by atoms with Gasteiger partial charge in [-0.25, -0.2) is 0 Å². The summed E-state index contributed by atoms with van der Waals surface area (Å²) >= 11 is 0. The van der Waals surface area contributed by atoms with Gasteiger partial charge in [0.15, 0.2) is 0 Å². The van der Waals surface area contributed by atoms with Crippen LogP contribution in [0.2, 0.25) is 0 Å². The Kier molecular flexibility index (Phi) is 2.10. The van der Waals surface area contributed by atoms with E-state index in [0.29, 0.717) is 12.1 Å². The third-order valence-corrected chi connectivity index (χ3v) is 2.31. The quantitative estimate of drug-likeness (QED) is 0.591. The molecule has 1 saturated carbocycles. The van der Waals surface area contributed by atoms with Crippen molar-refractivity contribution in [3.8, 4) is 0 Å². The number of nitrogens with zero attached hydrogens (tertiary/aromatic N) is 1. The van der Waals surface area contributed by atoms with E-state index in [0.717, 1.165) is 25.1 Å². The van der Waals surface area contributed by atoms with E-state index in [4.69, 9.17) is 5.73 Å². The van der Waals surface area contributed by atoms with E-state index in [9.17, 15) is 0 Å². The predicted molar refractivity (Wildman–Crippen MR) is 46.4 cm³/mol. The first kappa shape index (κ1) is 7.76. The molecule has 4 nitrogen and oxygen atoms in total. The second kappa shape index (κ2) is 3.25. The molecule has 0 atom stereocenters. The van der Waals surface area contributed by atoms with Crippen LogP contribution in [0.15, 0.2) is 12.3 Å². The molecule has 0 radical (unpaired) electrons. The molecular formula is C8H14N4. The maximum Gasteiger partial charge on any atom is 0.0490 e. The number of hydrogen-bond donors (Lipinski definition) is 3. The van der Waals surface area contributed by atoms with Crippen LogP contribution in [0.3, 0.4) is 0 Å². The molecule has 0 spiro atoms. The van der Waals surface area contributed by atoms with Crippen molar-refractivity contribution in [2.75, 3.05) is 0 Å². The normalized spacial score (nSPS) is 28.4. The van der Waals surface area contributed by atoms with Crippen LogP contribution in [0.5, 0.6) is 0 Å². The molecule has 4 N–H and O–H groups in total. The van der Waals surface area contributed by atoms with Gasteiger partial charge in [-0.05, 0) is 18.9 Å². The van der Waals surface area contributed by atoms with E-state index in [1.165, 1.54) is 0 Å². The van der Waals surface area contributed by atoms with Crippen molar-refractivity contribution in [3.05, 3.63) is 18.0 Å². The molecular weight excluding hydrogens is 152 g/mol. The van der Waals surface area contributed by atoms with Crippen LogP contribution in [0.1, 0.15) is 18.5 Å². The van der Waals surface area contributed by atoms with Crippen LogP contribution in [-0.2, 0) is 6.54 Å². The zero-order valence-electron chi connectivity index (χ0n) is 6.96. The summed E-state index contributed by atoms with van der Waals surface area (Å²) < 4.78 is 0. The first-order valence-corrected chi connectivity index (χ1v) is 4.32. The van der Waals surface area contributed by atoms with Gasteiger partial charge >= 0.3 is 0 Å². The number of rotatable bonds is 3. The molecule has 2 rings (SSSR count). The molecule has 66 valence electrons. The zero-order valence-corrected chi connectivity index (χ0v) is 6.96. The van der Waals surface area contributed by atoms with Gasteiger partial charge in [0.2, 0.25) is 0 Å². The van der Waals surface area contributed by atoms with Gasteiger partial charge < -0.3 is 11.1 Å². The molecule has 0 unspecified atom stereocenters. The van der Waals surface area contributed by atoms with Crippen LogP contribution in [0.25, 0.3) is 0 Å². The van der Waals surface area contributed by atoms with Crippen LogP contribution in [0.4, 0.5) is 0 Å². The minimum Gasteiger partial charge on any atom is -0.328 e. The molecule has 0 aromatic carbocycles. The number of aromatic nitrogens is 2. The molecule has 12 heavy (non-hydrogen) atoms. The maximum atomic E-state index is 5.66. The fraction of sp³-hybridized carbons (Fsp3) is 0.625. The summed E-state index contributed by atoms with van der Waals surface area (Å²) in [6.45, 7) is 0.872. The van der Waals surface area contributed by atoms with E-state index in [1.807, 2.05) is 6.07 Å². The number of aromatic amines is 1. The minimum atomic E-state index is 0.421. The van der Waals surface area contributed by atoms with E-state index >= 15 is 0 Å². The Balaban J connectivity index is 1.70. The van der Waals surface area contributed by atoms with E-state index in [1.54, 1.807) is 6.20 Å². The van der Waals surface area contributed by atoms with Crippen molar-refractivity contribution in [1.82, 2.24) is 15.5 Å². The number of hydrogen-bond acceptors (Lipinski definition) is 3. The summed E-state index contributed by atoms with van der Waals surface area (Å²) in [7, 11) is 0. The molecule has 1 aromatic rings. The summed E-state index contributed by atoms with van der Waals surface area (Å²) in [4.78, 5) is 0. The van der Waals surface area contributed by atoms with Crippen LogP contribution in [-0.4, -0.2) is 22.3 Å². The van der Waals surface area contributed by atoms with Gasteiger partial charge in [0, 0.05) is 30.5 Å². The topological polar surface area (TPSA) is 66.7 Å². The average molecular weight is 166 g/mol. The van der Waals surface area contributed by atoms with E-state index < -0.39 is 0 Å². The lowest BCUT2D eigenvalue weighted by atomic mass is 9.88. The van der Waals surface area contributed by atoms with Gasteiger partial charge in [0.05, 0.1) is 0 Å². The molecule has 1 heterocycles. The van der Waals surface area contributed by atoms with Gasteiger partial charge in [-0.15, -0.1) is 0 Å². The van der Waals surface area contributed by atoms with Gasteiger partial charge in [-0.1, -0.05) is 0 Å². The molecule has 1 aliphatic rings. The average Bonchev–Trinajstić information content (AvgIpc) is 2.47. The molecule has 0 amide bonds. The molecule has 4 heteroatoms. The molecule has 0 aliphatic heterocycles. The third kappa shape index (κ3) is 1.65. The molecule has 1 fully saturated rings. The number of nitrogens with two attached hydrogens (primary N) is 1. The Morgan fingerprint density at radius 2 is 2.50 bits per heavy atom. The maximum absolute atomic E-state index is 5.66. The smallest absolute Gasteiger partial charge is 0.0490 e. The fourth-order valence-electron chi connectivity index (χ4n) is 1.47. The van der Waals surface area contributed by atoms with Crippen LogP contribution < -0.4 is 11.1 Å². The Morgan fingerprint density at radius 3 is 3.08 bits per heavy atom. The lowest BCUT2D eigenvalue weighted by Gasteiger charge is -2.33. The van der Waals surface area contributed by atoms with Crippen molar-refractivity contribution in [2.24, 2.45) is 5.73 Å². The fourth-order valence-corrected chi connectivity index (χ4v) is 1.47. The van der Waals surface area contributed by atoms with Gasteiger partial charge in [0.25, 0.3) is 0 Å². The van der Waals surface area contributed by atoms with Gasteiger partial charge in [-0.3, -0.25) is 5.10 Å². The van der Waals surface area contributed by atoms with E-state index in [-0.39, 0.29) is 0 Å². The van der Waals surface area contributed by atoms with Crippen molar-refractivity contribution in [3.63, 3.8) is 0 Å². The second-order valence-corrected chi connectivity index (χ2v) is 3.39. The Hall–Kier alpha value is -0.870. The minimum absolute atomic E-state index is 0.421. The monoisotopic (exact) mass is 166 g/mol. The Labute approximate surface area is 71.5 Å². The summed E-state index contributed by atoms with van der Waals surface area (Å²) in [6.07, 6.45) is 3.98.